The number of piperidine rings is 1. The van der Waals surface area contributed by atoms with Crippen LogP contribution in [0.3, 0.4) is 0 Å². The van der Waals surface area contributed by atoms with E-state index >= 15 is 0 Å². The van der Waals surface area contributed by atoms with Gasteiger partial charge in [0.05, 0.1) is 13.0 Å². The highest BCUT2D eigenvalue weighted by Gasteiger charge is 2.21. The normalized spacial score (nSPS) is 16.6. The van der Waals surface area contributed by atoms with Gasteiger partial charge in [0.15, 0.2) is 0 Å². The molecule has 1 aromatic rings. The molecule has 2 rings (SSSR count). The second-order valence-electron chi connectivity index (χ2n) is 5.69. The molecule has 114 valence electrons. The van der Waals surface area contributed by atoms with Crippen molar-refractivity contribution in [1.82, 2.24) is 10.2 Å². The lowest BCUT2D eigenvalue weighted by atomic mass is 10.0. The van der Waals surface area contributed by atoms with E-state index in [9.17, 15) is 9.59 Å². The number of hydrogen-bond acceptors (Lipinski definition) is 3. The Morgan fingerprint density at radius 2 is 1.95 bits per heavy atom. The fourth-order valence-corrected chi connectivity index (χ4v) is 2.72. The first-order valence-electron chi connectivity index (χ1n) is 7.39. The van der Waals surface area contributed by atoms with Crippen molar-refractivity contribution in [3.8, 4) is 0 Å². The number of hydrogen-bond donors (Lipinski definition) is 2. The molecule has 0 aliphatic carbocycles. The van der Waals surface area contributed by atoms with Crippen molar-refractivity contribution in [1.29, 1.82) is 0 Å². The van der Waals surface area contributed by atoms with Gasteiger partial charge in [-0.1, -0.05) is 24.3 Å². The van der Waals surface area contributed by atoms with Gasteiger partial charge in [-0.25, -0.2) is 0 Å². The number of carbonyl (C=O) groups is 2. The summed E-state index contributed by atoms with van der Waals surface area (Å²) in [7, 11) is 0. The summed E-state index contributed by atoms with van der Waals surface area (Å²) < 4.78 is 0. The number of nitrogens with zero attached hydrogens (tertiary/aromatic N) is 1. The first kappa shape index (κ1) is 15.5. The number of primary amides is 1. The largest absolute Gasteiger partial charge is 0.369 e. The number of carbonyl (C=O) groups excluding carboxylic acids is 2. The zero-order valence-electron chi connectivity index (χ0n) is 12.5. The Kier molecular flexibility index (Phi) is 5.33. The molecule has 0 unspecified atom stereocenters. The number of rotatable bonds is 5. The average Bonchev–Trinajstić information content (AvgIpc) is 2.43. The Morgan fingerprint density at radius 3 is 2.57 bits per heavy atom. The van der Waals surface area contributed by atoms with Crippen LogP contribution in [-0.2, 0) is 16.0 Å². The van der Waals surface area contributed by atoms with E-state index in [-0.39, 0.29) is 17.9 Å². The molecular weight excluding hydrogens is 266 g/mol. The maximum absolute atomic E-state index is 12.1. The molecule has 1 saturated heterocycles. The van der Waals surface area contributed by atoms with E-state index in [1.54, 1.807) is 0 Å². The molecule has 5 nitrogen and oxygen atoms in total. The van der Waals surface area contributed by atoms with Gasteiger partial charge >= 0.3 is 0 Å². The van der Waals surface area contributed by atoms with E-state index in [0.29, 0.717) is 13.0 Å². The van der Waals surface area contributed by atoms with Crippen molar-refractivity contribution in [3.05, 3.63) is 35.4 Å². The van der Waals surface area contributed by atoms with Crippen molar-refractivity contribution < 1.29 is 9.59 Å². The van der Waals surface area contributed by atoms with Crippen LogP contribution in [-0.4, -0.2) is 42.4 Å². The molecule has 1 aromatic carbocycles. The standard InChI is InChI=1S/C16H23N3O2/c1-12-4-2-3-5-13(12)10-16(21)18-14-6-8-19(9-7-14)11-15(17)20/h2-5,14H,6-11H2,1H3,(H2,17,20)(H,18,21). The van der Waals surface area contributed by atoms with E-state index in [2.05, 4.69) is 5.32 Å². The molecule has 1 aliphatic heterocycles. The Morgan fingerprint density at radius 1 is 1.29 bits per heavy atom. The number of amides is 2. The number of aryl methyl sites for hydroxylation is 1. The average molecular weight is 289 g/mol. The maximum Gasteiger partial charge on any atom is 0.231 e. The summed E-state index contributed by atoms with van der Waals surface area (Å²) in [6.45, 7) is 3.94. The molecule has 0 aromatic heterocycles. The van der Waals surface area contributed by atoms with Gasteiger partial charge in [-0.05, 0) is 30.9 Å². The zero-order chi connectivity index (χ0) is 15.2. The lowest BCUT2D eigenvalue weighted by Crippen LogP contribution is -2.47. The van der Waals surface area contributed by atoms with Gasteiger partial charge in [-0.2, -0.15) is 0 Å². The van der Waals surface area contributed by atoms with E-state index in [1.165, 1.54) is 0 Å². The summed E-state index contributed by atoms with van der Waals surface area (Å²) in [6, 6.07) is 8.14. The van der Waals surface area contributed by atoms with Crippen molar-refractivity contribution >= 4 is 11.8 Å². The summed E-state index contributed by atoms with van der Waals surface area (Å²) in [5.41, 5.74) is 7.40. The van der Waals surface area contributed by atoms with Gasteiger partial charge in [-0.15, -0.1) is 0 Å². The number of likely N-dealkylation sites (tertiary alicyclic amines) is 1. The van der Waals surface area contributed by atoms with Crippen LogP contribution in [0.1, 0.15) is 24.0 Å². The van der Waals surface area contributed by atoms with E-state index in [1.807, 2.05) is 36.1 Å². The molecule has 5 heteroatoms. The second-order valence-corrected chi connectivity index (χ2v) is 5.69. The number of nitrogens with one attached hydrogen (secondary N) is 1. The molecule has 1 fully saturated rings. The predicted molar refractivity (Wildman–Crippen MR) is 81.7 cm³/mol. The smallest absolute Gasteiger partial charge is 0.231 e. The van der Waals surface area contributed by atoms with E-state index in [4.69, 9.17) is 5.73 Å². The highest BCUT2D eigenvalue weighted by atomic mass is 16.2. The van der Waals surface area contributed by atoms with E-state index in [0.717, 1.165) is 37.1 Å². The summed E-state index contributed by atoms with van der Waals surface area (Å²) >= 11 is 0. The van der Waals surface area contributed by atoms with Crippen molar-refractivity contribution in [3.63, 3.8) is 0 Å². The Hall–Kier alpha value is -1.88. The molecule has 0 radical (unpaired) electrons. The third-order valence-corrected chi connectivity index (χ3v) is 3.94. The van der Waals surface area contributed by atoms with Crippen molar-refractivity contribution in [2.75, 3.05) is 19.6 Å². The monoisotopic (exact) mass is 289 g/mol. The van der Waals surface area contributed by atoms with Crippen LogP contribution in [0, 0.1) is 6.92 Å². The minimum atomic E-state index is -0.294. The minimum Gasteiger partial charge on any atom is -0.369 e. The Balaban J connectivity index is 1.77. The molecule has 0 bridgehead atoms. The fourth-order valence-electron chi connectivity index (χ4n) is 2.72. The molecular formula is C16H23N3O2. The van der Waals surface area contributed by atoms with Crippen LogP contribution in [0.25, 0.3) is 0 Å². The first-order chi connectivity index (χ1) is 10.0. The van der Waals surface area contributed by atoms with Gasteiger partial charge < -0.3 is 11.1 Å². The third-order valence-electron chi connectivity index (χ3n) is 3.94. The zero-order valence-corrected chi connectivity index (χ0v) is 12.5. The molecule has 0 spiro atoms. The van der Waals surface area contributed by atoms with Crippen molar-refractivity contribution in [2.45, 2.75) is 32.2 Å². The summed E-state index contributed by atoms with van der Waals surface area (Å²) in [5, 5.41) is 3.09. The van der Waals surface area contributed by atoms with Crippen LogP contribution in [0.5, 0.6) is 0 Å². The van der Waals surface area contributed by atoms with Crippen LogP contribution < -0.4 is 11.1 Å². The number of benzene rings is 1. The SMILES string of the molecule is Cc1ccccc1CC(=O)NC1CCN(CC(N)=O)CC1. The Bertz CT molecular complexity index is 508. The summed E-state index contributed by atoms with van der Waals surface area (Å²) in [4.78, 5) is 25.0. The quantitative estimate of drug-likeness (QED) is 0.833. The van der Waals surface area contributed by atoms with Crippen LogP contribution in [0.15, 0.2) is 24.3 Å². The molecule has 2 amide bonds. The lowest BCUT2D eigenvalue weighted by Gasteiger charge is -2.31. The molecule has 0 atom stereocenters. The third kappa shape index (κ3) is 4.86. The minimum absolute atomic E-state index is 0.0673. The fraction of sp³-hybridized carbons (Fsp3) is 0.500. The Labute approximate surface area is 125 Å². The molecule has 0 saturated carbocycles. The van der Waals surface area contributed by atoms with Gasteiger partial charge in [-0.3, -0.25) is 14.5 Å². The van der Waals surface area contributed by atoms with E-state index < -0.39 is 0 Å². The topological polar surface area (TPSA) is 75.4 Å². The molecule has 1 aliphatic rings. The van der Waals surface area contributed by atoms with Gasteiger partial charge in [0.25, 0.3) is 0 Å². The summed E-state index contributed by atoms with van der Waals surface area (Å²) in [5.74, 6) is -0.227. The predicted octanol–water partition coefficient (Wildman–Crippen LogP) is 0.603. The van der Waals surface area contributed by atoms with Crippen LogP contribution in [0.2, 0.25) is 0 Å². The second kappa shape index (κ2) is 7.22. The maximum atomic E-state index is 12.1. The highest BCUT2D eigenvalue weighted by Crippen LogP contribution is 2.11. The molecule has 1 heterocycles. The summed E-state index contributed by atoms with van der Waals surface area (Å²) in [6.07, 6.45) is 2.16. The van der Waals surface area contributed by atoms with Crippen molar-refractivity contribution in [2.24, 2.45) is 5.73 Å². The van der Waals surface area contributed by atoms with Crippen LogP contribution in [0.4, 0.5) is 0 Å². The lowest BCUT2D eigenvalue weighted by molar-refractivity contribution is -0.122. The first-order valence-corrected chi connectivity index (χ1v) is 7.39. The number of nitrogens with two attached hydrogens (primary N) is 1. The van der Waals surface area contributed by atoms with Gasteiger partial charge in [0.1, 0.15) is 0 Å². The van der Waals surface area contributed by atoms with Gasteiger partial charge in [0.2, 0.25) is 11.8 Å². The van der Waals surface area contributed by atoms with Crippen LogP contribution >= 0.6 is 0 Å². The highest BCUT2D eigenvalue weighted by molar-refractivity contribution is 5.79. The van der Waals surface area contributed by atoms with Gasteiger partial charge in [0, 0.05) is 19.1 Å². The molecule has 21 heavy (non-hydrogen) atoms. The molecule has 3 N–H and O–H groups in total.